The van der Waals surface area contributed by atoms with Crippen LogP contribution in [-0.4, -0.2) is 25.0 Å². The van der Waals surface area contributed by atoms with E-state index >= 15 is 0 Å². The van der Waals surface area contributed by atoms with E-state index < -0.39 is 17.8 Å². The summed E-state index contributed by atoms with van der Waals surface area (Å²) in [5, 5.41) is 2.79. The number of halogens is 2. The topological polar surface area (TPSA) is 84.9 Å². The van der Waals surface area contributed by atoms with Crippen LogP contribution in [0.15, 0.2) is 70.7 Å². The number of urea groups is 1. The van der Waals surface area contributed by atoms with Crippen molar-refractivity contribution >= 4 is 57.1 Å². The first-order chi connectivity index (χ1) is 16.8. The largest absolute Gasteiger partial charge is 0.497 e. The highest BCUT2D eigenvalue weighted by Gasteiger charge is 2.37. The molecule has 178 valence electrons. The van der Waals surface area contributed by atoms with Crippen LogP contribution >= 0.6 is 27.5 Å². The SMILES string of the molecule is COc1ccc(/C=C2/C(=O)NC(=O)N(c3ccc(Br)cc3C)C2=O)c(OCc2ccccc2Cl)c1. The van der Waals surface area contributed by atoms with Gasteiger partial charge in [0.25, 0.3) is 11.8 Å². The Morgan fingerprint density at radius 3 is 2.54 bits per heavy atom. The van der Waals surface area contributed by atoms with Crippen LogP contribution in [0.25, 0.3) is 6.08 Å². The van der Waals surface area contributed by atoms with E-state index in [1.54, 1.807) is 49.4 Å². The number of nitrogens with zero attached hydrogens (tertiary/aromatic N) is 1. The number of nitrogens with one attached hydrogen (secondary N) is 1. The van der Waals surface area contributed by atoms with Gasteiger partial charge in [0.15, 0.2) is 0 Å². The number of barbiturate groups is 1. The lowest BCUT2D eigenvalue weighted by atomic mass is 10.0. The smallest absolute Gasteiger partial charge is 0.335 e. The molecule has 7 nitrogen and oxygen atoms in total. The molecule has 3 aromatic rings. The lowest BCUT2D eigenvalue weighted by Gasteiger charge is -2.27. The summed E-state index contributed by atoms with van der Waals surface area (Å²) in [4.78, 5) is 39.5. The molecule has 0 aliphatic carbocycles. The van der Waals surface area contributed by atoms with Gasteiger partial charge in [-0.05, 0) is 55.0 Å². The maximum absolute atomic E-state index is 13.3. The van der Waals surface area contributed by atoms with E-state index in [1.165, 1.54) is 13.2 Å². The molecule has 0 unspecified atom stereocenters. The molecule has 0 bridgehead atoms. The highest BCUT2D eigenvalue weighted by Crippen LogP contribution is 2.31. The Labute approximate surface area is 215 Å². The number of carbonyl (C=O) groups excluding carboxylic acids is 3. The zero-order valence-electron chi connectivity index (χ0n) is 18.8. The average molecular weight is 556 g/mol. The molecule has 0 spiro atoms. The molecule has 0 saturated carbocycles. The molecule has 1 fully saturated rings. The number of hydrogen-bond donors (Lipinski definition) is 1. The van der Waals surface area contributed by atoms with Crippen LogP contribution in [0, 0.1) is 6.92 Å². The van der Waals surface area contributed by atoms with Crippen LogP contribution in [0.5, 0.6) is 11.5 Å². The fraction of sp³-hybridized carbons (Fsp3) is 0.115. The van der Waals surface area contributed by atoms with Gasteiger partial charge in [-0.3, -0.25) is 14.9 Å². The minimum Gasteiger partial charge on any atom is -0.497 e. The van der Waals surface area contributed by atoms with Gasteiger partial charge < -0.3 is 9.47 Å². The Bertz CT molecular complexity index is 1370. The number of imide groups is 2. The van der Waals surface area contributed by atoms with Gasteiger partial charge in [0.05, 0.1) is 12.8 Å². The first kappa shape index (κ1) is 24.5. The van der Waals surface area contributed by atoms with E-state index in [-0.39, 0.29) is 12.2 Å². The van der Waals surface area contributed by atoms with Crippen molar-refractivity contribution < 1.29 is 23.9 Å². The standard InChI is InChI=1S/C26H20BrClN2O5/c1-15-11-18(27)8-10-22(15)30-25(32)20(24(31)29-26(30)33)12-16-7-9-19(34-2)13-23(16)35-14-17-5-3-4-6-21(17)28/h3-13H,14H2,1-2H3,(H,29,31,33)/b20-12-. The maximum Gasteiger partial charge on any atom is 0.335 e. The van der Waals surface area contributed by atoms with Crippen molar-refractivity contribution in [1.29, 1.82) is 0 Å². The van der Waals surface area contributed by atoms with Crippen molar-refractivity contribution in [1.82, 2.24) is 5.32 Å². The summed E-state index contributed by atoms with van der Waals surface area (Å²) in [5.41, 5.74) is 2.08. The molecule has 1 aliphatic rings. The number of carbonyl (C=O) groups is 3. The second-order valence-corrected chi connectivity index (χ2v) is 9.00. The van der Waals surface area contributed by atoms with E-state index in [1.807, 2.05) is 18.2 Å². The molecular formula is C26H20BrClN2O5. The van der Waals surface area contributed by atoms with Crippen molar-refractivity contribution in [3.05, 3.63) is 92.4 Å². The van der Waals surface area contributed by atoms with E-state index in [9.17, 15) is 14.4 Å². The second kappa shape index (κ2) is 10.3. The number of rotatable bonds is 6. The molecule has 4 rings (SSSR count). The molecule has 1 heterocycles. The summed E-state index contributed by atoms with van der Waals surface area (Å²) in [6, 6.07) is 16.6. The van der Waals surface area contributed by atoms with Crippen molar-refractivity contribution in [2.24, 2.45) is 0 Å². The number of anilines is 1. The van der Waals surface area contributed by atoms with Crippen molar-refractivity contribution in [2.75, 3.05) is 12.0 Å². The third kappa shape index (κ3) is 5.23. The Kier molecular flexibility index (Phi) is 7.23. The molecule has 3 aromatic carbocycles. The van der Waals surface area contributed by atoms with E-state index in [0.29, 0.717) is 33.3 Å². The van der Waals surface area contributed by atoms with Gasteiger partial charge >= 0.3 is 6.03 Å². The molecule has 0 radical (unpaired) electrons. The monoisotopic (exact) mass is 554 g/mol. The van der Waals surface area contributed by atoms with Crippen LogP contribution < -0.4 is 19.7 Å². The quantitative estimate of drug-likeness (QED) is 0.313. The van der Waals surface area contributed by atoms with E-state index in [2.05, 4.69) is 21.2 Å². The summed E-state index contributed by atoms with van der Waals surface area (Å²) in [6.45, 7) is 1.93. The highest BCUT2D eigenvalue weighted by molar-refractivity contribution is 9.10. The fourth-order valence-corrected chi connectivity index (χ4v) is 4.22. The number of benzene rings is 3. The number of amides is 4. The Morgan fingerprint density at radius 2 is 1.83 bits per heavy atom. The third-order valence-electron chi connectivity index (χ3n) is 5.36. The van der Waals surface area contributed by atoms with Crippen LogP contribution in [0.2, 0.25) is 5.02 Å². The lowest BCUT2D eigenvalue weighted by molar-refractivity contribution is -0.122. The third-order valence-corrected chi connectivity index (χ3v) is 6.22. The zero-order chi connectivity index (χ0) is 25.1. The van der Waals surface area contributed by atoms with Gasteiger partial charge in [-0.15, -0.1) is 0 Å². The lowest BCUT2D eigenvalue weighted by Crippen LogP contribution is -2.54. The molecule has 9 heteroatoms. The molecular weight excluding hydrogens is 536 g/mol. The number of hydrogen-bond acceptors (Lipinski definition) is 5. The predicted molar refractivity (Wildman–Crippen MR) is 137 cm³/mol. The predicted octanol–water partition coefficient (Wildman–Crippen LogP) is 5.66. The molecule has 35 heavy (non-hydrogen) atoms. The van der Waals surface area contributed by atoms with Crippen molar-refractivity contribution in [3.63, 3.8) is 0 Å². The summed E-state index contributed by atoms with van der Waals surface area (Å²) in [7, 11) is 1.52. The van der Waals surface area contributed by atoms with E-state index in [0.717, 1.165) is 14.9 Å². The molecule has 0 aromatic heterocycles. The molecule has 0 atom stereocenters. The van der Waals surface area contributed by atoms with Gasteiger partial charge in [0, 0.05) is 26.7 Å². The summed E-state index contributed by atoms with van der Waals surface area (Å²) in [6.07, 6.45) is 1.40. The molecule has 1 N–H and O–H groups in total. The van der Waals surface area contributed by atoms with Crippen LogP contribution in [0.1, 0.15) is 16.7 Å². The summed E-state index contributed by atoms with van der Waals surface area (Å²) in [5.74, 6) is -0.625. The van der Waals surface area contributed by atoms with E-state index in [4.69, 9.17) is 21.1 Å². The Morgan fingerprint density at radius 1 is 1.06 bits per heavy atom. The number of methoxy groups -OCH3 is 1. The summed E-state index contributed by atoms with van der Waals surface area (Å²) < 4.78 is 12.1. The molecule has 4 amide bonds. The fourth-order valence-electron chi connectivity index (χ4n) is 3.56. The van der Waals surface area contributed by atoms with Gasteiger partial charge in [-0.25, -0.2) is 9.69 Å². The first-order valence-electron chi connectivity index (χ1n) is 10.5. The normalized spacial score (nSPS) is 14.8. The van der Waals surface area contributed by atoms with Gasteiger partial charge in [0.1, 0.15) is 23.7 Å². The van der Waals surface area contributed by atoms with Crippen molar-refractivity contribution in [3.8, 4) is 11.5 Å². The summed E-state index contributed by atoms with van der Waals surface area (Å²) >= 11 is 9.61. The maximum atomic E-state index is 13.3. The van der Waals surface area contributed by atoms with Crippen LogP contribution in [-0.2, 0) is 16.2 Å². The Hall–Kier alpha value is -3.62. The molecule has 1 saturated heterocycles. The number of ether oxygens (including phenoxy) is 2. The zero-order valence-corrected chi connectivity index (χ0v) is 21.1. The van der Waals surface area contributed by atoms with Gasteiger partial charge in [-0.1, -0.05) is 45.7 Å². The van der Waals surface area contributed by atoms with Crippen LogP contribution in [0.3, 0.4) is 0 Å². The minimum atomic E-state index is -0.813. The highest BCUT2D eigenvalue weighted by atomic mass is 79.9. The Balaban J connectivity index is 1.71. The first-order valence-corrected chi connectivity index (χ1v) is 11.7. The van der Waals surface area contributed by atoms with Gasteiger partial charge in [-0.2, -0.15) is 0 Å². The average Bonchev–Trinajstić information content (AvgIpc) is 2.83. The van der Waals surface area contributed by atoms with Gasteiger partial charge in [0.2, 0.25) is 0 Å². The van der Waals surface area contributed by atoms with Crippen LogP contribution in [0.4, 0.5) is 10.5 Å². The van der Waals surface area contributed by atoms with Crippen molar-refractivity contribution in [2.45, 2.75) is 13.5 Å². The second-order valence-electron chi connectivity index (χ2n) is 7.67. The number of aryl methyl sites for hydroxylation is 1. The molecule has 1 aliphatic heterocycles. The minimum absolute atomic E-state index is 0.159.